The fourth-order valence-corrected chi connectivity index (χ4v) is 10.9. The number of aliphatic hydroxyl groups excluding tert-OH is 2. The molecule has 0 spiro atoms. The van der Waals surface area contributed by atoms with Crippen LogP contribution in [0.5, 0.6) is 0 Å². The zero-order valence-electron chi connectivity index (χ0n) is 41.1. The largest absolute Gasteiger partial charge is 0.458 e. The lowest BCUT2D eigenvalue weighted by molar-refractivity contribution is -0.320. The van der Waals surface area contributed by atoms with Crippen molar-refractivity contribution in [3.63, 3.8) is 0 Å². The number of nitrogens with one attached hydrogen (secondary N) is 1. The average molecular weight is 926 g/mol. The Morgan fingerprint density at radius 3 is 2.35 bits per heavy atom. The van der Waals surface area contributed by atoms with Crippen LogP contribution in [0.25, 0.3) is 17.0 Å². The maximum absolute atomic E-state index is 14.8. The first kappa shape index (κ1) is 51.8. The number of pyridine rings is 1. The minimum Gasteiger partial charge on any atom is -0.458 e. The lowest BCUT2D eigenvalue weighted by Crippen LogP contribution is -2.61. The third kappa shape index (κ3) is 10.8. The maximum atomic E-state index is 14.8. The number of carbonyl (C=O) groups is 3. The van der Waals surface area contributed by atoms with E-state index < -0.39 is 108 Å². The number of nitrogens with zero attached hydrogens (tertiary/aromatic N) is 2. The Morgan fingerprint density at radius 2 is 1.67 bits per heavy atom. The van der Waals surface area contributed by atoms with Gasteiger partial charge >= 0.3 is 12.1 Å². The van der Waals surface area contributed by atoms with Gasteiger partial charge in [0.05, 0.1) is 59.7 Å². The molecule has 66 heavy (non-hydrogen) atoms. The molecule has 0 unspecified atom stereocenters. The van der Waals surface area contributed by atoms with Crippen LogP contribution in [0.1, 0.15) is 100 Å². The fourth-order valence-electron chi connectivity index (χ4n) is 10.9. The molecule has 4 fully saturated rings. The van der Waals surface area contributed by atoms with Crippen molar-refractivity contribution in [3.05, 3.63) is 48.2 Å². The van der Waals surface area contributed by atoms with Crippen molar-refractivity contribution in [2.24, 2.45) is 23.7 Å². The van der Waals surface area contributed by atoms with Crippen LogP contribution < -0.4 is 5.32 Å². The zero-order valence-corrected chi connectivity index (χ0v) is 41.1. The number of amides is 1. The first-order valence-electron chi connectivity index (χ1n) is 23.6. The van der Waals surface area contributed by atoms with Crippen molar-refractivity contribution in [2.75, 3.05) is 27.8 Å². The molecule has 5 heterocycles. The molecule has 4 aliphatic heterocycles. The summed E-state index contributed by atoms with van der Waals surface area (Å²) in [5, 5.41) is 27.0. The van der Waals surface area contributed by atoms with Gasteiger partial charge in [0.25, 0.3) is 0 Å². The number of likely N-dealkylation sites (N-methyl/N-ethyl adjacent to an activating group) is 1. The fraction of sp³-hybridized carbons (Fsp3) is 0.720. The van der Waals surface area contributed by atoms with Crippen molar-refractivity contribution in [1.29, 1.82) is 0 Å². The van der Waals surface area contributed by atoms with E-state index in [4.69, 9.17) is 37.9 Å². The predicted octanol–water partition coefficient (Wildman–Crippen LogP) is 5.83. The lowest BCUT2D eigenvalue weighted by Gasteiger charge is -2.50. The van der Waals surface area contributed by atoms with E-state index in [0.717, 1.165) is 16.5 Å². The Kier molecular flexibility index (Phi) is 16.5. The molecule has 1 amide bonds. The summed E-state index contributed by atoms with van der Waals surface area (Å²) in [5.74, 6) is -4.06. The predicted molar refractivity (Wildman–Crippen MR) is 246 cm³/mol. The maximum Gasteiger partial charge on any atom is 0.408 e. The van der Waals surface area contributed by atoms with E-state index in [2.05, 4.69) is 10.3 Å². The van der Waals surface area contributed by atoms with Crippen LogP contribution in [-0.4, -0.2) is 150 Å². The third-order valence-corrected chi connectivity index (χ3v) is 14.9. The number of rotatable bonds is 11. The molecule has 0 aliphatic carbocycles. The standard InChI is InChI=1S/C50H75N3O13/c1-14-37-50(10)42(52-47(58)66-50)29(4)39(54)27(2)24-49(9,60-21-17-18-33-23-34-19-15-16-20-35(34)51-26-33)44(65-46-40(55)36(53(11)12)22-28(3)61-46)30(5)41(31(6)45(57)63-37)64-38-25-48(8,59-13)43(56)32(7)62-38/h15-20,23,26-32,36-38,40-44,46,55-56H,14,21-22,24-25H2,1-13H3,(H,52,58)/b18-17+/t27-,28-,29+,30+,31-,32+,36+,37-,38+,40-,41+,42-,43+,44-,46+,48-,49-,50-/m1/s1. The van der Waals surface area contributed by atoms with Gasteiger partial charge < -0.3 is 58.3 Å². The van der Waals surface area contributed by atoms with Gasteiger partial charge in [-0.2, -0.15) is 0 Å². The first-order valence-corrected chi connectivity index (χ1v) is 23.6. The number of cyclic esters (lactones) is 1. The lowest BCUT2D eigenvalue weighted by atomic mass is 9.73. The molecule has 18 atom stereocenters. The highest BCUT2D eigenvalue weighted by Gasteiger charge is 2.58. The number of methoxy groups -OCH3 is 1. The van der Waals surface area contributed by atoms with Gasteiger partial charge in [0.1, 0.15) is 24.1 Å². The number of ketones is 1. The number of hydrogen-bond acceptors (Lipinski definition) is 15. The molecule has 0 bridgehead atoms. The molecule has 3 N–H and O–H groups in total. The van der Waals surface area contributed by atoms with Gasteiger partial charge in [0, 0.05) is 48.9 Å². The highest BCUT2D eigenvalue weighted by Crippen LogP contribution is 2.43. The topological polar surface area (TPSA) is 194 Å². The molecule has 1 aromatic heterocycles. The van der Waals surface area contributed by atoms with Gasteiger partial charge in [0.15, 0.2) is 18.2 Å². The quantitative estimate of drug-likeness (QED) is 0.228. The van der Waals surface area contributed by atoms with E-state index in [-0.39, 0.29) is 43.8 Å². The van der Waals surface area contributed by atoms with Gasteiger partial charge in [0.2, 0.25) is 0 Å². The molecule has 0 saturated carbocycles. The van der Waals surface area contributed by atoms with Crippen molar-refractivity contribution in [1.82, 2.24) is 15.2 Å². The van der Waals surface area contributed by atoms with Crippen molar-refractivity contribution < 1.29 is 62.5 Å². The molecule has 6 rings (SSSR count). The van der Waals surface area contributed by atoms with Gasteiger partial charge in [-0.1, -0.05) is 58.0 Å². The minimum atomic E-state index is -1.40. The van der Waals surface area contributed by atoms with Crippen molar-refractivity contribution in [2.45, 2.75) is 179 Å². The summed E-state index contributed by atoms with van der Waals surface area (Å²) >= 11 is 0. The Morgan fingerprint density at radius 1 is 0.955 bits per heavy atom. The number of Topliss-reactive ketones (excluding diaryl/α,β-unsaturated/α-hetero) is 1. The Hall–Kier alpha value is -3.58. The van der Waals surface area contributed by atoms with Crippen molar-refractivity contribution >= 4 is 34.8 Å². The van der Waals surface area contributed by atoms with Crippen LogP contribution in [-0.2, 0) is 47.5 Å². The Labute approximate surface area is 390 Å². The van der Waals surface area contributed by atoms with Gasteiger partial charge in [-0.3, -0.25) is 14.6 Å². The molecule has 0 radical (unpaired) electrons. The third-order valence-electron chi connectivity index (χ3n) is 14.9. The van der Waals surface area contributed by atoms with E-state index in [1.54, 1.807) is 40.8 Å². The normalized spacial score (nSPS) is 41.9. The number of para-hydroxylation sites is 1. The van der Waals surface area contributed by atoms with Gasteiger partial charge in [-0.25, -0.2) is 4.79 Å². The van der Waals surface area contributed by atoms with E-state index in [0.29, 0.717) is 6.42 Å². The number of aromatic nitrogens is 1. The summed E-state index contributed by atoms with van der Waals surface area (Å²) in [7, 11) is 5.31. The van der Waals surface area contributed by atoms with E-state index >= 15 is 0 Å². The SMILES string of the molecule is CC[C@H]1OC(=O)[C@H](C)[C@@H](O[C@H]2C[C@@](C)(OC)[C@@H](O)[C@H](C)O2)[C@H](C)[C@@H](O[C@@H]2O[C@H](C)C[C@H](N(C)C)[C@H]2O)[C@](C)(OC/C=C/c2cnc3ccccc3c2)C[C@@H](C)C(=O)[C@H](C)[C@H]2NC(=O)O[C@@]21C. The number of carbonyl (C=O) groups excluding carboxylic acids is 3. The summed E-state index contributed by atoms with van der Waals surface area (Å²) in [4.78, 5) is 49.2. The smallest absolute Gasteiger partial charge is 0.408 e. The second-order valence-corrected chi connectivity index (χ2v) is 20.1. The second kappa shape index (κ2) is 21.0. The van der Waals surface area contributed by atoms with Crippen LogP contribution in [0.4, 0.5) is 4.79 Å². The summed E-state index contributed by atoms with van der Waals surface area (Å²) < 4.78 is 51.9. The van der Waals surface area contributed by atoms with E-state index in [9.17, 15) is 24.6 Å². The highest BCUT2D eigenvalue weighted by molar-refractivity contribution is 5.85. The molecule has 16 nitrogen and oxygen atoms in total. The van der Waals surface area contributed by atoms with Gasteiger partial charge in [-0.05, 0) is 92.6 Å². The van der Waals surface area contributed by atoms with Crippen LogP contribution in [0.3, 0.4) is 0 Å². The molecular weight excluding hydrogens is 851 g/mol. The molecular formula is C50H75N3O13. The van der Waals surface area contributed by atoms with Crippen LogP contribution in [0, 0.1) is 23.7 Å². The van der Waals surface area contributed by atoms with Crippen LogP contribution >= 0.6 is 0 Å². The van der Waals surface area contributed by atoms with Gasteiger partial charge in [-0.15, -0.1) is 0 Å². The number of hydrogen-bond donors (Lipinski definition) is 3. The monoisotopic (exact) mass is 926 g/mol. The minimum absolute atomic E-state index is 0.0659. The summed E-state index contributed by atoms with van der Waals surface area (Å²) in [6, 6.07) is 8.73. The van der Waals surface area contributed by atoms with E-state index in [1.165, 1.54) is 7.11 Å². The molecule has 16 heteroatoms. The second-order valence-electron chi connectivity index (χ2n) is 20.1. The Bertz CT molecular complexity index is 2040. The molecule has 4 aliphatic rings. The summed E-state index contributed by atoms with van der Waals surface area (Å²) in [6.45, 7) is 18.1. The average Bonchev–Trinajstić information content (AvgIpc) is 3.60. The van der Waals surface area contributed by atoms with Crippen molar-refractivity contribution in [3.8, 4) is 0 Å². The first-order chi connectivity index (χ1) is 31.0. The molecule has 1 aromatic carbocycles. The molecule has 4 saturated heterocycles. The molecule has 368 valence electrons. The number of fused-ring (bicyclic) bond motifs is 2. The highest BCUT2D eigenvalue weighted by atomic mass is 16.7. The number of ether oxygens (including phenoxy) is 8. The van der Waals surface area contributed by atoms with Crippen LogP contribution in [0.2, 0.25) is 0 Å². The summed E-state index contributed by atoms with van der Waals surface area (Å²) in [6.07, 6.45) is -2.31. The number of alkyl carbamates (subject to hydrolysis) is 1. The number of benzene rings is 1. The van der Waals surface area contributed by atoms with Crippen LogP contribution in [0.15, 0.2) is 42.6 Å². The summed E-state index contributed by atoms with van der Waals surface area (Å²) in [5.41, 5.74) is -2.08. The zero-order chi connectivity index (χ0) is 48.5. The Balaban J connectivity index is 1.48. The number of esters is 1. The van der Waals surface area contributed by atoms with E-state index in [1.807, 2.05) is 96.1 Å². The number of aliphatic hydroxyl groups is 2. The molecule has 2 aromatic rings.